The first-order valence-electron chi connectivity index (χ1n) is 9.08. The molecule has 0 atom stereocenters. The lowest BCUT2D eigenvalue weighted by atomic mass is 9.89. The molecule has 0 aliphatic carbocycles. The lowest BCUT2D eigenvalue weighted by Gasteiger charge is -2.17. The van der Waals surface area contributed by atoms with E-state index in [1.165, 1.54) is 27.7 Å². The summed E-state index contributed by atoms with van der Waals surface area (Å²) in [6.45, 7) is 6.79. The molecule has 3 aromatic rings. The summed E-state index contributed by atoms with van der Waals surface area (Å²) in [6, 6.07) is 21.2. The molecule has 0 unspecified atom stereocenters. The van der Waals surface area contributed by atoms with Gasteiger partial charge < -0.3 is 0 Å². The van der Waals surface area contributed by atoms with Crippen LogP contribution in [0.1, 0.15) is 26.3 Å². The van der Waals surface area contributed by atoms with Crippen LogP contribution in [0.4, 0.5) is 0 Å². The second-order valence-corrected chi connectivity index (χ2v) is 7.91. The molecule has 0 aliphatic rings. The zero-order valence-electron chi connectivity index (χ0n) is 16.4. The highest BCUT2D eigenvalue weighted by molar-refractivity contribution is 6.07. The van der Waals surface area contributed by atoms with E-state index in [1.807, 2.05) is 0 Å². The van der Waals surface area contributed by atoms with Gasteiger partial charge in [-0.25, -0.2) is 4.58 Å². The van der Waals surface area contributed by atoms with Crippen molar-refractivity contribution in [3.63, 3.8) is 0 Å². The van der Waals surface area contributed by atoms with Crippen molar-refractivity contribution in [2.24, 2.45) is 5.41 Å². The quantitative estimate of drug-likeness (QED) is 0.477. The first-order chi connectivity index (χ1) is 12.4. The van der Waals surface area contributed by atoms with Crippen LogP contribution in [0.5, 0.6) is 0 Å². The van der Waals surface area contributed by atoms with Crippen LogP contribution in [0.2, 0.25) is 0 Å². The third-order valence-corrected chi connectivity index (χ3v) is 4.56. The van der Waals surface area contributed by atoms with Gasteiger partial charge in [-0.2, -0.15) is 4.57 Å². The van der Waals surface area contributed by atoms with Gasteiger partial charge in [-0.1, -0.05) is 57.2 Å². The van der Waals surface area contributed by atoms with E-state index in [0.717, 1.165) is 0 Å². The predicted octanol–water partition coefficient (Wildman–Crippen LogP) is 4.78. The maximum atomic E-state index is 2.31. The van der Waals surface area contributed by atoms with E-state index in [9.17, 15) is 0 Å². The van der Waals surface area contributed by atoms with E-state index >= 15 is 0 Å². The smallest absolute Gasteiger partial charge is 0.213 e. The van der Waals surface area contributed by atoms with Crippen molar-refractivity contribution >= 4 is 22.2 Å². The van der Waals surface area contributed by atoms with Crippen LogP contribution < -0.4 is 4.57 Å². The summed E-state index contributed by atoms with van der Waals surface area (Å²) in [7, 11) is 4.20. The number of rotatable bonds is 3. The minimum atomic E-state index is 0.00314. The fourth-order valence-electron chi connectivity index (χ4n) is 3.17. The number of allylic oxidation sites excluding steroid dienone is 2. The monoisotopic (exact) mass is 344 g/mol. The second kappa shape index (κ2) is 7.25. The zero-order chi connectivity index (χ0) is 18.7. The Morgan fingerprint density at radius 3 is 2.08 bits per heavy atom. The van der Waals surface area contributed by atoms with Crippen molar-refractivity contribution in [1.82, 2.24) is 0 Å². The molecule has 2 nitrogen and oxygen atoms in total. The van der Waals surface area contributed by atoms with Crippen LogP contribution in [0.25, 0.3) is 16.5 Å². The largest absolute Gasteiger partial charge is 0.235 e. The molecule has 132 valence electrons. The average Bonchev–Trinajstić information content (AvgIpc) is 2.61. The van der Waals surface area contributed by atoms with Crippen molar-refractivity contribution < 1.29 is 9.14 Å². The summed E-state index contributed by atoms with van der Waals surface area (Å²) in [6.07, 6.45) is 6.70. The Bertz CT molecular complexity index is 970. The van der Waals surface area contributed by atoms with Crippen LogP contribution >= 0.6 is 0 Å². The van der Waals surface area contributed by atoms with Gasteiger partial charge in [0.25, 0.3) is 0 Å². The number of nitrogens with zero attached hydrogens (tertiary/aromatic N) is 2. The fraction of sp³-hybridized carbons (Fsp3) is 0.250. The van der Waals surface area contributed by atoms with Crippen molar-refractivity contribution in [3.05, 3.63) is 84.7 Å². The van der Waals surface area contributed by atoms with E-state index in [2.05, 4.69) is 123 Å². The average molecular weight is 345 g/mol. The summed E-state index contributed by atoms with van der Waals surface area (Å²) in [5.41, 5.74) is 3.69. The van der Waals surface area contributed by atoms with Crippen LogP contribution in [0, 0.1) is 5.41 Å². The standard InChI is InChI=1S/C24H28N2/c1-24(2,3)23(17-22(25(4)5)20-12-7-6-8-13-20)26-16-15-19-11-9-10-14-21(19)18-26/h6-18H,1-5H3/q+2/b23-17-. The number of fused-ring (bicyclic) bond motifs is 1. The highest BCUT2D eigenvalue weighted by Gasteiger charge is 2.29. The van der Waals surface area contributed by atoms with Gasteiger partial charge in [0.1, 0.15) is 14.1 Å². The normalized spacial score (nSPS) is 12.3. The Morgan fingerprint density at radius 2 is 1.46 bits per heavy atom. The lowest BCUT2D eigenvalue weighted by Crippen LogP contribution is -2.38. The van der Waals surface area contributed by atoms with Crippen LogP contribution in [0.3, 0.4) is 0 Å². The molecule has 2 heteroatoms. The van der Waals surface area contributed by atoms with Crippen LogP contribution in [-0.2, 0) is 0 Å². The van der Waals surface area contributed by atoms with Crippen LogP contribution in [-0.4, -0.2) is 24.4 Å². The molecule has 0 spiro atoms. The summed E-state index contributed by atoms with van der Waals surface area (Å²) >= 11 is 0. The highest BCUT2D eigenvalue weighted by Crippen LogP contribution is 2.26. The van der Waals surface area contributed by atoms with E-state index in [1.54, 1.807) is 0 Å². The molecule has 0 radical (unpaired) electrons. The fourth-order valence-corrected chi connectivity index (χ4v) is 3.17. The summed E-state index contributed by atoms with van der Waals surface area (Å²) in [5, 5.41) is 2.51. The van der Waals surface area contributed by atoms with E-state index < -0.39 is 0 Å². The Hall–Kier alpha value is -2.74. The maximum Gasteiger partial charge on any atom is 0.213 e. The summed E-state index contributed by atoms with van der Waals surface area (Å²) in [5.74, 6) is 0. The molecule has 1 aromatic heterocycles. The van der Waals surface area contributed by atoms with Gasteiger partial charge in [-0.15, -0.1) is 0 Å². The predicted molar refractivity (Wildman–Crippen MR) is 111 cm³/mol. The van der Waals surface area contributed by atoms with Crippen molar-refractivity contribution in [2.75, 3.05) is 14.1 Å². The molecular formula is C24H28N2+2. The van der Waals surface area contributed by atoms with Gasteiger partial charge in [-0.05, 0) is 23.6 Å². The molecule has 0 saturated heterocycles. The van der Waals surface area contributed by atoms with Crippen molar-refractivity contribution in [1.29, 1.82) is 0 Å². The molecule has 3 rings (SSSR count). The van der Waals surface area contributed by atoms with Gasteiger partial charge >= 0.3 is 0 Å². The highest BCUT2D eigenvalue weighted by atomic mass is 15.0. The Kier molecular flexibility index (Phi) is 5.03. The lowest BCUT2D eigenvalue weighted by molar-refractivity contribution is -0.587. The Balaban J connectivity index is 2.19. The van der Waals surface area contributed by atoms with Crippen molar-refractivity contribution in [3.8, 4) is 0 Å². The SMILES string of the molecule is C[N+](C)=C(/C=C(\[n+]1ccc2ccccc2c1)C(C)(C)C)c1ccccc1. The molecule has 0 saturated carbocycles. The van der Waals surface area contributed by atoms with Gasteiger partial charge in [0.2, 0.25) is 5.71 Å². The van der Waals surface area contributed by atoms with Crippen LogP contribution in [0.15, 0.2) is 79.1 Å². The van der Waals surface area contributed by atoms with Gasteiger partial charge in [0.05, 0.1) is 6.08 Å². The molecule has 1 heterocycles. The minimum Gasteiger partial charge on any atom is -0.235 e. The Labute approximate surface area is 156 Å². The molecule has 0 fully saturated rings. The number of benzene rings is 2. The molecule has 0 amide bonds. The molecule has 0 N–H and O–H groups in total. The molecule has 2 aromatic carbocycles. The zero-order valence-corrected chi connectivity index (χ0v) is 16.4. The Morgan fingerprint density at radius 1 is 0.846 bits per heavy atom. The molecular weight excluding hydrogens is 316 g/mol. The molecule has 0 aliphatic heterocycles. The first-order valence-corrected chi connectivity index (χ1v) is 9.08. The van der Waals surface area contributed by atoms with E-state index in [4.69, 9.17) is 0 Å². The maximum absolute atomic E-state index is 2.31. The number of aromatic nitrogens is 1. The first kappa shape index (κ1) is 18.1. The topological polar surface area (TPSA) is 6.89 Å². The van der Waals surface area contributed by atoms with Crippen molar-refractivity contribution in [2.45, 2.75) is 20.8 Å². The number of hydrogen-bond acceptors (Lipinski definition) is 0. The van der Waals surface area contributed by atoms with Gasteiger partial charge in [0, 0.05) is 22.4 Å². The third kappa shape index (κ3) is 3.91. The number of pyridine rings is 1. The van der Waals surface area contributed by atoms with Gasteiger partial charge in [-0.3, -0.25) is 0 Å². The number of hydrogen-bond donors (Lipinski definition) is 0. The molecule has 0 bridgehead atoms. The third-order valence-electron chi connectivity index (χ3n) is 4.56. The van der Waals surface area contributed by atoms with Gasteiger partial charge in [0.15, 0.2) is 18.1 Å². The second-order valence-electron chi connectivity index (χ2n) is 7.91. The van der Waals surface area contributed by atoms with E-state index in [-0.39, 0.29) is 5.41 Å². The summed E-state index contributed by atoms with van der Waals surface area (Å²) < 4.78 is 4.44. The van der Waals surface area contributed by atoms with E-state index in [0.29, 0.717) is 0 Å². The summed E-state index contributed by atoms with van der Waals surface area (Å²) in [4.78, 5) is 0. The minimum absolute atomic E-state index is 0.00314. The molecule has 26 heavy (non-hydrogen) atoms.